The monoisotopic (exact) mass is 408 g/mol. The molecule has 0 spiro atoms. The highest BCUT2D eigenvalue weighted by molar-refractivity contribution is 14.1. The first-order valence-corrected chi connectivity index (χ1v) is 8.36. The summed E-state index contributed by atoms with van der Waals surface area (Å²) in [6, 6.07) is 5.39. The maximum absolute atomic E-state index is 12.4. The van der Waals surface area contributed by atoms with Gasteiger partial charge in [0.2, 0.25) is 0 Å². The lowest BCUT2D eigenvalue weighted by Crippen LogP contribution is -2.86. The van der Waals surface area contributed by atoms with Crippen LogP contribution in [0.1, 0.15) is 37.0 Å². The molecule has 1 heterocycles. The van der Waals surface area contributed by atoms with E-state index in [4.69, 9.17) is 16.3 Å². The van der Waals surface area contributed by atoms with Gasteiger partial charge in [-0.2, -0.15) is 0 Å². The number of benzene rings is 1. The van der Waals surface area contributed by atoms with Gasteiger partial charge in [-0.05, 0) is 54.6 Å². The number of hydrogen-bond acceptors (Lipinski definition) is 2. The van der Waals surface area contributed by atoms with Crippen molar-refractivity contribution in [3.63, 3.8) is 0 Å². The van der Waals surface area contributed by atoms with E-state index < -0.39 is 5.60 Å². The third-order valence-electron chi connectivity index (χ3n) is 3.93. The molecule has 0 saturated carbocycles. The average molecular weight is 409 g/mol. The number of carbonyl (C=O) groups excluding carboxylic acids is 1. The van der Waals surface area contributed by atoms with Gasteiger partial charge in [0.05, 0.1) is 23.7 Å². The predicted molar refractivity (Wildman–Crippen MR) is 88.0 cm³/mol. The first-order chi connectivity index (χ1) is 9.40. The number of hydrogen-bond donors (Lipinski definition) is 1. The van der Waals surface area contributed by atoms with Crippen LogP contribution in [-0.4, -0.2) is 24.7 Å². The smallest absolute Gasteiger partial charge is 0.340 e. The molecule has 0 unspecified atom stereocenters. The first-order valence-electron chi connectivity index (χ1n) is 6.90. The van der Waals surface area contributed by atoms with Crippen LogP contribution in [-0.2, 0) is 4.74 Å². The lowest BCUT2D eigenvalue weighted by molar-refractivity contribution is -0.665. The molecule has 0 bridgehead atoms. The van der Waals surface area contributed by atoms with Crippen LogP contribution in [0.15, 0.2) is 18.2 Å². The minimum Gasteiger partial charge on any atom is -0.456 e. The van der Waals surface area contributed by atoms with Gasteiger partial charge in [0, 0.05) is 22.3 Å². The van der Waals surface area contributed by atoms with E-state index in [0.717, 1.165) is 29.5 Å². The number of quaternary nitrogens is 1. The Morgan fingerprint density at radius 2 is 2.05 bits per heavy atom. The minimum atomic E-state index is -0.448. The number of rotatable bonds is 3. The molecular formula is C15H20ClINO2+. The largest absolute Gasteiger partial charge is 0.456 e. The van der Waals surface area contributed by atoms with Crippen molar-refractivity contribution < 1.29 is 14.8 Å². The molecule has 0 amide bonds. The summed E-state index contributed by atoms with van der Waals surface area (Å²) in [5.74, 6) is 0.0890. The van der Waals surface area contributed by atoms with Gasteiger partial charge in [-0.15, -0.1) is 0 Å². The highest BCUT2D eigenvalue weighted by atomic mass is 127. The van der Waals surface area contributed by atoms with E-state index in [1.807, 2.05) is 19.9 Å². The molecule has 1 fully saturated rings. The Kier molecular flexibility index (Phi) is 5.31. The van der Waals surface area contributed by atoms with Crippen molar-refractivity contribution in [2.75, 3.05) is 13.1 Å². The predicted octanol–water partition coefficient (Wildman–Crippen LogP) is 2.85. The molecule has 0 atom stereocenters. The molecule has 0 aliphatic carbocycles. The van der Waals surface area contributed by atoms with Crippen LogP contribution >= 0.6 is 34.2 Å². The molecule has 0 radical (unpaired) electrons. The van der Waals surface area contributed by atoms with Gasteiger partial charge in [0.25, 0.3) is 0 Å². The van der Waals surface area contributed by atoms with Crippen molar-refractivity contribution in [2.24, 2.45) is 5.92 Å². The Hall–Kier alpha value is -0.330. The SMILES string of the molecule is CC(C)(OC(=O)c1cc(I)ccc1Cl)C1CC[NH2+]CC1. The van der Waals surface area contributed by atoms with Crippen LogP contribution in [0.25, 0.3) is 0 Å². The van der Waals surface area contributed by atoms with Crippen molar-refractivity contribution in [2.45, 2.75) is 32.3 Å². The van der Waals surface area contributed by atoms with Gasteiger partial charge in [0.1, 0.15) is 5.60 Å². The fourth-order valence-electron chi connectivity index (χ4n) is 2.65. The van der Waals surface area contributed by atoms with Crippen molar-refractivity contribution in [3.05, 3.63) is 32.4 Å². The fourth-order valence-corrected chi connectivity index (χ4v) is 3.34. The van der Waals surface area contributed by atoms with Crippen LogP contribution < -0.4 is 5.32 Å². The van der Waals surface area contributed by atoms with E-state index >= 15 is 0 Å². The molecule has 1 aliphatic heterocycles. The van der Waals surface area contributed by atoms with Crippen molar-refractivity contribution in [1.82, 2.24) is 0 Å². The Balaban J connectivity index is 2.11. The normalized spacial score (nSPS) is 17.0. The molecule has 2 N–H and O–H groups in total. The summed E-state index contributed by atoms with van der Waals surface area (Å²) in [6.45, 7) is 6.22. The fraction of sp³-hybridized carbons (Fsp3) is 0.533. The second-order valence-electron chi connectivity index (χ2n) is 5.76. The van der Waals surface area contributed by atoms with Crippen molar-refractivity contribution >= 4 is 40.2 Å². The minimum absolute atomic E-state index is 0.326. The third-order valence-corrected chi connectivity index (χ3v) is 4.93. The molecule has 1 saturated heterocycles. The molecular weight excluding hydrogens is 389 g/mol. The zero-order valence-corrected chi connectivity index (χ0v) is 14.7. The Labute approximate surface area is 138 Å². The van der Waals surface area contributed by atoms with Crippen LogP contribution in [0.3, 0.4) is 0 Å². The summed E-state index contributed by atoms with van der Waals surface area (Å²) in [4.78, 5) is 12.4. The average Bonchev–Trinajstić information content (AvgIpc) is 2.42. The highest BCUT2D eigenvalue weighted by Crippen LogP contribution is 2.30. The summed E-state index contributed by atoms with van der Waals surface area (Å²) in [7, 11) is 0. The van der Waals surface area contributed by atoms with Gasteiger partial charge in [0.15, 0.2) is 0 Å². The molecule has 20 heavy (non-hydrogen) atoms. The Morgan fingerprint density at radius 1 is 1.40 bits per heavy atom. The molecule has 1 aromatic carbocycles. The molecule has 0 aromatic heterocycles. The zero-order chi connectivity index (χ0) is 14.8. The molecule has 3 nitrogen and oxygen atoms in total. The Morgan fingerprint density at radius 3 is 2.70 bits per heavy atom. The molecule has 1 aliphatic rings. The summed E-state index contributed by atoms with van der Waals surface area (Å²) in [5.41, 5.74) is 0.00433. The van der Waals surface area contributed by atoms with E-state index in [0.29, 0.717) is 16.5 Å². The van der Waals surface area contributed by atoms with E-state index in [1.54, 1.807) is 12.1 Å². The quantitative estimate of drug-likeness (QED) is 0.617. The van der Waals surface area contributed by atoms with E-state index in [1.165, 1.54) is 0 Å². The second kappa shape index (κ2) is 6.62. The van der Waals surface area contributed by atoms with Gasteiger partial charge in [-0.1, -0.05) is 11.6 Å². The standard InChI is InChI=1S/C15H19ClINO2/c1-15(2,10-5-7-18-8-6-10)20-14(19)12-9-11(17)3-4-13(12)16/h3-4,9-10,18H,5-8H2,1-2H3/p+1. The first kappa shape index (κ1) is 16.0. The summed E-state index contributed by atoms with van der Waals surface area (Å²) in [5, 5.41) is 2.76. The van der Waals surface area contributed by atoms with Gasteiger partial charge >= 0.3 is 5.97 Å². The number of nitrogens with two attached hydrogens (primary N) is 1. The maximum atomic E-state index is 12.4. The van der Waals surface area contributed by atoms with E-state index in [-0.39, 0.29) is 5.97 Å². The number of halogens is 2. The lowest BCUT2D eigenvalue weighted by atomic mass is 9.83. The maximum Gasteiger partial charge on any atom is 0.340 e. The van der Waals surface area contributed by atoms with E-state index in [9.17, 15) is 4.79 Å². The number of esters is 1. The summed E-state index contributed by atoms with van der Waals surface area (Å²) >= 11 is 8.26. The number of ether oxygens (including phenoxy) is 1. The third kappa shape index (κ3) is 3.86. The topological polar surface area (TPSA) is 42.9 Å². The van der Waals surface area contributed by atoms with E-state index in [2.05, 4.69) is 27.9 Å². The van der Waals surface area contributed by atoms with Crippen molar-refractivity contribution in [3.8, 4) is 0 Å². The van der Waals surface area contributed by atoms with Crippen LogP contribution in [0.2, 0.25) is 5.02 Å². The Bertz CT molecular complexity index is 499. The number of carbonyl (C=O) groups is 1. The molecule has 1 aromatic rings. The van der Waals surface area contributed by atoms with Gasteiger partial charge < -0.3 is 10.1 Å². The number of piperidine rings is 1. The second-order valence-corrected chi connectivity index (χ2v) is 7.41. The highest BCUT2D eigenvalue weighted by Gasteiger charge is 2.35. The van der Waals surface area contributed by atoms with Crippen molar-refractivity contribution in [1.29, 1.82) is 0 Å². The molecule has 110 valence electrons. The zero-order valence-electron chi connectivity index (χ0n) is 11.8. The van der Waals surface area contributed by atoms with Crippen LogP contribution in [0.4, 0.5) is 0 Å². The van der Waals surface area contributed by atoms with Crippen LogP contribution in [0.5, 0.6) is 0 Å². The molecule has 5 heteroatoms. The molecule has 2 rings (SSSR count). The summed E-state index contributed by atoms with van der Waals surface area (Å²) < 4.78 is 6.73. The van der Waals surface area contributed by atoms with Gasteiger partial charge in [-0.3, -0.25) is 0 Å². The summed E-state index contributed by atoms with van der Waals surface area (Å²) in [6.07, 6.45) is 2.17. The lowest BCUT2D eigenvalue weighted by Gasteiger charge is -2.35. The van der Waals surface area contributed by atoms with Crippen LogP contribution in [0, 0.1) is 9.49 Å². The van der Waals surface area contributed by atoms with Gasteiger partial charge in [-0.25, -0.2) is 4.79 Å².